The topological polar surface area (TPSA) is 46.2 Å². The van der Waals surface area contributed by atoms with Crippen LogP contribution in [0.15, 0.2) is 0 Å². The van der Waals surface area contributed by atoms with Gasteiger partial charge in [-0.15, -0.1) is 0 Å². The summed E-state index contributed by atoms with van der Waals surface area (Å²) in [6, 6.07) is 0. The second-order valence-corrected chi connectivity index (χ2v) is 8.16. The van der Waals surface area contributed by atoms with Crippen LogP contribution in [0.4, 0.5) is 0 Å². The van der Waals surface area contributed by atoms with Gasteiger partial charge in [0.25, 0.3) is 0 Å². The molecule has 0 aromatic carbocycles. The standard InChI is InChI=1S/C17H33NO/c1-13(2)14-6-10-16(12-18,11-7-14)17(19)9-5-8-15(17,3)4/h13-14,19H,5-12,18H2,1-4H3. The normalized spacial score (nSPS) is 42.8. The fourth-order valence-electron chi connectivity index (χ4n) is 4.96. The fraction of sp³-hybridized carbons (Fsp3) is 1.00. The zero-order valence-electron chi connectivity index (χ0n) is 13.3. The maximum Gasteiger partial charge on any atom is 0.0766 e. The lowest BCUT2D eigenvalue weighted by molar-refractivity contribution is -0.160. The summed E-state index contributed by atoms with van der Waals surface area (Å²) < 4.78 is 0. The van der Waals surface area contributed by atoms with Crippen molar-refractivity contribution in [1.29, 1.82) is 0 Å². The van der Waals surface area contributed by atoms with E-state index >= 15 is 0 Å². The lowest BCUT2D eigenvalue weighted by Gasteiger charge is -2.55. The van der Waals surface area contributed by atoms with E-state index in [1.165, 1.54) is 12.8 Å². The minimum atomic E-state index is -0.545. The molecule has 0 spiro atoms. The molecule has 2 aliphatic carbocycles. The Morgan fingerprint density at radius 2 is 1.68 bits per heavy atom. The van der Waals surface area contributed by atoms with Crippen LogP contribution in [0.3, 0.4) is 0 Å². The number of rotatable bonds is 3. The molecule has 0 aromatic heterocycles. The van der Waals surface area contributed by atoms with E-state index in [4.69, 9.17) is 5.73 Å². The summed E-state index contributed by atoms with van der Waals surface area (Å²) in [5.74, 6) is 1.59. The van der Waals surface area contributed by atoms with Gasteiger partial charge in [0.2, 0.25) is 0 Å². The summed E-state index contributed by atoms with van der Waals surface area (Å²) in [6.07, 6.45) is 7.96. The maximum atomic E-state index is 11.4. The van der Waals surface area contributed by atoms with Crippen LogP contribution in [-0.2, 0) is 0 Å². The van der Waals surface area contributed by atoms with Crippen LogP contribution in [-0.4, -0.2) is 17.3 Å². The van der Waals surface area contributed by atoms with Gasteiger partial charge in [-0.2, -0.15) is 0 Å². The van der Waals surface area contributed by atoms with Gasteiger partial charge in [0.1, 0.15) is 0 Å². The summed E-state index contributed by atoms with van der Waals surface area (Å²) in [5, 5.41) is 11.4. The zero-order chi connectivity index (χ0) is 14.3. The third kappa shape index (κ3) is 2.25. The molecule has 2 heteroatoms. The first-order valence-electron chi connectivity index (χ1n) is 8.20. The zero-order valence-corrected chi connectivity index (χ0v) is 13.3. The quantitative estimate of drug-likeness (QED) is 0.818. The number of hydrogen-bond donors (Lipinski definition) is 2. The molecule has 1 atom stereocenters. The third-order valence-electron chi connectivity index (χ3n) is 6.66. The van der Waals surface area contributed by atoms with Crippen LogP contribution in [0.25, 0.3) is 0 Å². The molecule has 0 aliphatic heterocycles. The first kappa shape index (κ1) is 15.3. The van der Waals surface area contributed by atoms with Gasteiger partial charge in [0.15, 0.2) is 0 Å². The van der Waals surface area contributed by atoms with Gasteiger partial charge in [-0.3, -0.25) is 0 Å². The van der Waals surface area contributed by atoms with Crippen LogP contribution in [0.2, 0.25) is 0 Å². The van der Waals surface area contributed by atoms with Crippen molar-refractivity contribution in [2.75, 3.05) is 6.54 Å². The Bertz CT molecular complexity index is 315. The molecule has 0 saturated heterocycles. The van der Waals surface area contributed by atoms with Crippen LogP contribution >= 0.6 is 0 Å². The highest BCUT2D eigenvalue weighted by molar-refractivity contribution is 5.11. The Labute approximate surface area is 119 Å². The molecule has 3 N–H and O–H groups in total. The monoisotopic (exact) mass is 267 g/mol. The lowest BCUT2D eigenvalue weighted by atomic mass is 9.54. The molecule has 2 rings (SSSR count). The van der Waals surface area contributed by atoms with Crippen molar-refractivity contribution >= 4 is 0 Å². The van der Waals surface area contributed by atoms with E-state index in [9.17, 15) is 5.11 Å². The smallest absolute Gasteiger partial charge is 0.0766 e. The molecule has 2 saturated carbocycles. The van der Waals surface area contributed by atoms with Gasteiger partial charge in [-0.1, -0.05) is 27.7 Å². The van der Waals surface area contributed by atoms with Crippen LogP contribution in [0.5, 0.6) is 0 Å². The van der Waals surface area contributed by atoms with Crippen molar-refractivity contribution in [3.05, 3.63) is 0 Å². The summed E-state index contributed by atoms with van der Waals surface area (Å²) >= 11 is 0. The van der Waals surface area contributed by atoms with Crippen LogP contribution < -0.4 is 5.73 Å². The predicted octanol–water partition coefficient (Wildman–Crippen LogP) is 3.72. The predicted molar refractivity (Wildman–Crippen MR) is 80.9 cm³/mol. The van der Waals surface area contributed by atoms with Gasteiger partial charge in [0.05, 0.1) is 5.60 Å². The van der Waals surface area contributed by atoms with Gasteiger partial charge >= 0.3 is 0 Å². The second-order valence-electron chi connectivity index (χ2n) is 8.16. The Balaban J connectivity index is 2.21. The first-order valence-corrected chi connectivity index (χ1v) is 8.20. The van der Waals surface area contributed by atoms with Crippen molar-refractivity contribution in [2.24, 2.45) is 28.4 Å². The number of nitrogens with two attached hydrogens (primary N) is 1. The van der Waals surface area contributed by atoms with Crippen molar-refractivity contribution in [1.82, 2.24) is 0 Å². The molecule has 0 radical (unpaired) electrons. The largest absolute Gasteiger partial charge is 0.389 e. The molecule has 112 valence electrons. The molecule has 0 bridgehead atoms. The van der Waals surface area contributed by atoms with E-state index < -0.39 is 5.60 Å². The van der Waals surface area contributed by atoms with E-state index in [1.807, 2.05) is 0 Å². The Morgan fingerprint density at radius 3 is 2.05 bits per heavy atom. The SMILES string of the molecule is CC(C)C1CCC(CN)(C2(O)CCCC2(C)C)CC1. The first-order chi connectivity index (χ1) is 8.78. The van der Waals surface area contributed by atoms with Gasteiger partial charge < -0.3 is 10.8 Å². The third-order valence-corrected chi connectivity index (χ3v) is 6.66. The van der Waals surface area contributed by atoms with E-state index in [1.54, 1.807) is 0 Å². The van der Waals surface area contributed by atoms with Crippen molar-refractivity contribution in [2.45, 2.75) is 78.2 Å². The van der Waals surface area contributed by atoms with E-state index in [2.05, 4.69) is 27.7 Å². The van der Waals surface area contributed by atoms with Gasteiger partial charge in [0, 0.05) is 12.0 Å². The van der Waals surface area contributed by atoms with Crippen LogP contribution in [0.1, 0.15) is 72.6 Å². The minimum absolute atomic E-state index is 0.0248. The molecular weight excluding hydrogens is 234 g/mol. The summed E-state index contributed by atoms with van der Waals surface area (Å²) in [5.41, 5.74) is 5.64. The Morgan fingerprint density at radius 1 is 1.11 bits per heavy atom. The number of aliphatic hydroxyl groups is 1. The summed E-state index contributed by atoms with van der Waals surface area (Å²) in [4.78, 5) is 0. The van der Waals surface area contributed by atoms with E-state index in [0.717, 1.165) is 43.9 Å². The molecule has 0 amide bonds. The second kappa shape index (κ2) is 5.04. The highest BCUT2D eigenvalue weighted by Gasteiger charge is 2.60. The molecule has 2 aliphatic rings. The molecule has 1 unspecified atom stereocenters. The Kier molecular flexibility index (Phi) is 4.06. The van der Waals surface area contributed by atoms with Gasteiger partial charge in [-0.25, -0.2) is 0 Å². The lowest BCUT2D eigenvalue weighted by Crippen LogP contribution is -2.59. The van der Waals surface area contributed by atoms with E-state index in [-0.39, 0.29) is 10.8 Å². The van der Waals surface area contributed by atoms with Crippen molar-refractivity contribution in [3.8, 4) is 0 Å². The van der Waals surface area contributed by atoms with E-state index in [0.29, 0.717) is 6.54 Å². The van der Waals surface area contributed by atoms with Crippen molar-refractivity contribution < 1.29 is 5.11 Å². The molecule has 2 nitrogen and oxygen atoms in total. The Hall–Kier alpha value is -0.0800. The highest BCUT2D eigenvalue weighted by Crippen LogP contribution is 2.60. The molecule has 0 heterocycles. The maximum absolute atomic E-state index is 11.4. The molecule has 2 fully saturated rings. The average Bonchev–Trinajstić information content (AvgIpc) is 2.65. The highest BCUT2D eigenvalue weighted by atomic mass is 16.3. The fourth-order valence-corrected chi connectivity index (χ4v) is 4.96. The molecular formula is C17H33NO. The van der Waals surface area contributed by atoms with Gasteiger partial charge in [-0.05, 0) is 62.2 Å². The summed E-state index contributed by atoms with van der Waals surface area (Å²) in [7, 11) is 0. The van der Waals surface area contributed by atoms with Crippen molar-refractivity contribution in [3.63, 3.8) is 0 Å². The van der Waals surface area contributed by atoms with Crippen LogP contribution in [0, 0.1) is 22.7 Å². The minimum Gasteiger partial charge on any atom is -0.389 e. The number of hydrogen-bond acceptors (Lipinski definition) is 2. The molecule has 0 aromatic rings. The average molecular weight is 267 g/mol. The summed E-state index contributed by atoms with van der Waals surface area (Å²) in [6.45, 7) is 9.79. The molecule has 19 heavy (non-hydrogen) atoms.